The summed E-state index contributed by atoms with van der Waals surface area (Å²) in [6, 6.07) is 0.0820. The van der Waals surface area contributed by atoms with Crippen molar-refractivity contribution in [1.82, 2.24) is 5.32 Å². The van der Waals surface area contributed by atoms with Gasteiger partial charge in [0.05, 0.1) is 0 Å². The van der Waals surface area contributed by atoms with Crippen LogP contribution in [-0.2, 0) is 9.59 Å². The van der Waals surface area contributed by atoms with Gasteiger partial charge in [-0.1, -0.05) is 6.92 Å². The average Bonchev–Trinajstić information content (AvgIpc) is 1.82. The predicted octanol–water partition coefficient (Wildman–Crippen LogP) is -0.362. The van der Waals surface area contributed by atoms with Crippen molar-refractivity contribution in [3.63, 3.8) is 0 Å². The second kappa shape index (κ2) is 3.00. The Morgan fingerprint density at radius 3 is 2.45 bits per heavy atom. The highest BCUT2D eigenvalue weighted by molar-refractivity contribution is 6.33. The Morgan fingerprint density at radius 1 is 1.64 bits per heavy atom. The summed E-state index contributed by atoms with van der Waals surface area (Å²) in [6.45, 7) is 2.54. The zero-order valence-corrected chi connectivity index (χ0v) is 6.33. The van der Waals surface area contributed by atoms with Crippen LogP contribution in [0.3, 0.4) is 0 Å². The molecule has 0 aromatic heterocycles. The Balaban J connectivity index is 2.45. The van der Waals surface area contributed by atoms with E-state index in [9.17, 15) is 9.59 Å². The van der Waals surface area contributed by atoms with Gasteiger partial charge in [-0.2, -0.15) is 0 Å². The summed E-state index contributed by atoms with van der Waals surface area (Å²) >= 11 is 0. The maximum Gasteiger partial charge on any atom is 0.372 e. The fourth-order valence-corrected chi connectivity index (χ4v) is 1.12. The van der Waals surface area contributed by atoms with E-state index in [4.69, 9.17) is 5.11 Å². The summed E-state index contributed by atoms with van der Waals surface area (Å²) < 4.78 is 0. The van der Waals surface area contributed by atoms with E-state index in [0.29, 0.717) is 0 Å². The molecule has 0 saturated carbocycles. The average molecular weight is 157 g/mol. The SMILES string of the molecule is CC(C(=O)C(=O)O)C1CCN1. The van der Waals surface area contributed by atoms with E-state index in [2.05, 4.69) is 5.32 Å². The summed E-state index contributed by atoms with van der Waals surface area (Å²) in [5.41, 5.74) is 0. The lowest BCUT2D eigenvalue weighted by atomic mass is 9.90. The lowest BCUT2D eigenvalue weighted by molar-refractivity contribution is -0.151. The van der Waals surface area contributed by atoms with Crippen LogP contribution in [0.25, 0.3) is 0 Å². The Morgan fingerprint density at radius 2 is 2.18 bits per heavy atom. The van der Waals surface area contributed by atoms with Gasteiger partial charge in [0.1, 0.15) is 0 Å². The Labute approximate surface area is 64.6 Å². The topological polar surface area (TPSA) is 66.4 Å². The lowest BCUT2D eigenvalue weighted by Crippen LogP contribution is -2.50. The van der Waals surface area contributed by atoms with Gasteiger partial charge >= 0.3 is 5.97 Å². The lowest BCUT2D eigenvalue weighted by Gasteiger charge is -2.31. The molecule has 62 valence electrons. The quantitative estimate of drug-likeness (QED) is 0.549. The molecule has 1 aliphatic heterocycles. The molecule has 2 atom stereocenters. The zero-order valence-electron chi connectivity index (χ0n) is 6.33. The minimum absolute atomic E-state index is 0.0820. The molecular weight excluding hydrogens is 146 g/mol. The van der Waals surface area contributed by atoms with Crippen molar-refractivity contribution in [3.05, 3.63) is 0 Å². The molecule has 0 bridgehead atoms. The smallest absolute Gasteiger partial charge is 0.372 e. The van der Waals surface area contributed by atoms with Gasteiger partial charge in [0, 0.05) is 12.0 Å². The maximum atomic E-state index is 10.8. The van der Waals surface area contributed by atoms with Gasteiger partial charge in [-0.05, 0) is 13.0 Å². The van der Waals surface area contributed by atoms with E-state index < -0.39 is 11.8 Å². The van der Waals surface area contributed by atoms with Gasteiger partial charge in [-0.25, -0.2) is 4.79 Å². The second-order valence-corrected chi connectivity index (χ2v) is 2.81. The number of nitrogens with one attached hydrogen (secondary N) is 1. The van der Waals surface area contributed by atoms with Crippen molar-refractivity contribution in [2.24, 2.45) is 5.92 Å². The molecule has 0 aromatic carbocycles. The van der Waals surface area contributed by atoms with Crippen LogP contribution >= 0.6 is 0 Å². The molecule has 2 unspecified atom stereocenters. The monoisotopic (exact) mass is 157 g/mol. The molecule has 1 heterocycles. The van der Waals surface area contributed by atoms with Gasteiger partial charge in [-0.15, -0.1) is 0 Å². The van der Waals surface area contributed by atoms with E-state index in [1.807, 2.05) is 0 Å². The molecular formula is C7H11NO3. The van der Waals surface area contributed by atoms with E-state index in [1.54, 1.807) is 6.92 Å². The highest BCUT2D eigenvalue weighted by Gasteiger charge is 2.31. The molecule has 0 amide bonds. The van der Waals surface area contributed by atoms with Crippen molar-refractivity contribution < 1.29 is 14.7 Å². The Hall–Kier alpha value is -0.900. The first-order valence-electron chi connectivity index (χ1n) is 3.63. The van der Waals surface area contributed by atoms with Crippen LogP contribution in [0.2, 0.25) is 0 Å². The number of carbonyl (C=O) groups is 2. The van der Waals surface area contributed by atoms with Gasteiger partial charge in [-0.3, -0.25) is 4.79 Å². The molecule has 0 radical (unpaired) electrons. The van der Waals surface area contributed by atoms with E-state index in [1.165, 1.54) is 0 Å². The van der Waals surface area contributed by atoms with Crippen LogP contribution in [0.4, 0.5) is 0 Å². The number of Topliss-reactive ketones (excluding diaryl/α,β-unsaturated/α-hetero) is 1. The van der Waals surface area contributed by atoms with Crippen LogP contribution in [0.15, 0.2) is 0 Å². The molecule has 4 nitrogen and oxygen atoms in total. The number of carbonyl (C=O) groups excluding carboxylic acids is 1. The number of hydrogen-bond acceptors (Lipinski definition) is 3. The predicted molar refractivity (Wildman–Crippen MR) is 38.2 cm³/mol. The summed E-state index contributed by atoms with van der Waals surface area (Å²) in [6.07, 6.45) is 0.903. The maximum absolute atomic E-state index is 10.8. The van der Waals surface area contributed by atoms with Crippen molar-refractivity contribution in [3.8, 4) is 0 Å². The molecule has 0 aromatic rings. The first-order valence-corrected chi connectivity index (χ1v) is 3.63. The molecule has 4 heteroatoms. The van der Waals surface area contributed by atoms with Crippen LogP contribution in [0.1, 0.15) is 13.3 Å². The van der Waals surface area contributed by atoms with Gasteiger partial charge in [0.25, 0.3) is 0 Å². The minimum atomic E-state index is -1.33. The minimum Gasteiger partial charge on any atom is -0.475 e. The van der Waals surface area contributed by atoms with Crippen LogP contribution < -0.4 is 5.32 Å². The third kappa shape index (κ3) is 1.57. The fraction of sp³-hybridized carbons (Fsp3) is 0.714. The number of hydrogen-bond donors (Lipinski definition) is 2. The van der Waals surface area contributed by atoms with Crippen molar-refractivity contribution in [2.75, 3.05) is 6.54 Å². The number of rotatable bonds is 3. The highest BCUT2D eigenvalue weighted by atomic mass is 16.4. The number of carboxylic acid groups (broad SMARTS) is 1. The molecule has 1 fully saturated rings. The van der Waals surface area contributed by atoms with Crippen molar-refractivity contribution >= 4 is 11.8 Å². The van der Waals surface area contributed by atoms with Gasteiger partial charge in [0.15, 0.2) is 0 Å². The number of aliphatic carboxylic acids is 1. The molecule has 1 saturated heterocycles. The summed E-state index contributed by atoms with van der Waals surface area (Å²) in [5, 5.41) is 11.3. The Kier molecular flexibility index (Phi) is 2.24. The summed E-state index contributed by atoms with van der Waals surface area (Å²) in [7, 11) is 0. The first kappa shape index (κ1) is 8.20. The van der Waals surface area contributed by atoms with Gasteiger partial charge in [0.2, 0.25) is 5.78 Å². The van der Waals surface area contributed by atoms with Crippen molar-refractivity contribution in [2.45, 2.75) is 19.4 Å². The number of carboxylic acids is 1. The van der Waals surface area contributed by atoms with Crippen LogP contribution in [0.5, 0.6) is 0 Å². The van der Waals surface area contributed by atoms with Gasteiger partial charge < -0.3 is 10.4 Å². The normalized spacial score (nSPS) is 25.4. The third-order valence-corrected chi connectivity index (χ3v) is 2.09. The first-order chi connectivity index (χ1) is 5.13. The number of ketones is 1. The molecule has 2 N–H and O–H groups in total. The second-order valence-electron chi connectivity index (χ2n) is 2.81. The molecule has 11 heavy (non-hydrogen) atoms. The van der Waals surface area contributed by atoms with E-state index in [-0.39, 0.29) is 12.0 Å². The standard InChI is InChI=1S/C7H11NO3/c1-4(5-2-3-8-5)6(9)7(10)11/h4-5,8H,2-3H2,1H3,(H,10,11). The molecule has 0 spiro atoms. The summed E-state index contributed by atoms with van der Waals surface area (Å²) in [5.74, 6) is -2.41. The fourth-order valence-electron chi connectivity index (χ4n) is 1.12. The molecule has 1 aliphatic rings. The van der Waals surface area contributed by atoms with Crippen LogP contribution in [0, 0.1) is 5.92 Å². The third-order valence-electron chi connectivity index (χ3n) is 2.09. The van der Waals surface area contributed by atoms with Crippen LogP contribution in [-0.4, -0.2) is 29.4 Å². The zero-order chi connectivity index (χ0) is 8.43. The highest BCUT2D eigenvalue weighted by Crippen LogP contribution is 2.14. The Bertz CT molecular complexity index is 186. The molecule has 0 aliphatic carbocycles. The largest absolute Gasteiger partial charge is 0.475 e. The molecule has 1 rings (SSSR count). The van der Waals surface area contributed by atoms with Crippen molar-refractivity contribution in [1.29, 1.82) is 0 Å². The summed E-state index contributed by atoms with van der Waals surface area (Å²) in [4.78, 5) is 21.0. The van der Waals surface area contributed by atoms with E-state index >= 15 is 0 Å². The van der Waals surface area contributed by atoms with E-state index in [0.717, 1.165) is 13.0 Å².